The number of ether oxygens (including phenoxy) is 1. The first-order valence-electron chi connectivity index (χ1n) is 5.92. The molecule has 0 aliphatic carbocycles. The maximum absolute atomic E-state index is 13.9. The number of methoxy groups -OCH3 is 1. The Morgan fingerprint density at radius 1 is 1.21 bits per heavy atom. The summed E-state index contributed by atoms with van der Waals surface area (Å²) in [7, 11) is 3.50. The van der Waals surface area contributed by atoms with Crippen LogP contribution in [0.3, 0.4) is 0 Å². The van der Waals surface area contributed by atoms with Crippen molar-refractivity contribution in [1.82, 2.24) is 5.32 Å². The van der Waals surface area contributed by atoms with Crippen LogP contribution in [0.2, 0.25) is 0 Å². The summed E-state index contributed by atoms with van der Waals surface area (Å²) in [6.45, 7) is 0.673. The summed E-state index contributed by atoms with van der Waals surface area (Å²) in [5.74, 6) is 0.567. The SMILES string of the molecule is CNCc1cc(-c2cc(Br)ccc2F)ccc1OC. The van der Waals surface area contributed by atoms with Crippen LogP contribution in [-0.4, -0.2) is 14.2 Å². The zero-order valence-corrected chi connectivity index (χ0v) is 12.4. The van der Waals surface area contributed by atoms with E-state index < -0.39 is 0 Å². The summed E-state index contributed by atoms with van der Waals surface area (Å²) in [5.41, 5.74) is 2.42. The first-order valence-corrected chi connectivity index (χ1v) is 6.72. The number of rotatable bonds is 4. The summed E-state index contributed by atoms with van der Waals surface area (Å²) in [6.07, 6.45) is 0. The standard InChI is InChI=1S/C15H15BrFNO/c1-18-9-11-7-10(3-6-15(11)19-2)13-8-12(16)4-5-14(13)17/h3-8,18H,9H2,1-2H3. The molecule has 0 atom stereocenters. The Morgan fingerprint density at radius 2 is 2.00 bits per heavy atom. The van der Waals surface area contributed by atoms with Gasteiger partial charge in [-0.25, -0.2) is 4.39 Å². The summed E-state index contributed by atoms with van der Waals surface area (Å²) >= 11 is 3.37. The molecule has 0 spiro atoms. The van der Waals surface area contributed by atoms with Gasteiger partial charge < -0.3 is 10.1 Å². The predicted octanol–water partition coefficient (Wildman–Crippen LogP) is 3.98. The molecule has 2 aromatic rings. The van der Waals surface area contributed by atoms with E-state index in [9.17, 15) is 4.39 Å². The molecule has 2 aromatic carbocycles. The van der Waals surface area contributed by atoms with Crippen LogP contribution < -0.4 is 10.1 Å². The molecule has 0 aliphatic rings. The predicted molar refractivity (Wildman–Crippen MR) is 78.9 cm³/mol. The molecule has 0 saturated heterocycles. The first-order chi connectivity index (χ1) is 9.15. The monoisotopic (exact) mass is 323 g/mol. The highest BCUT2D eigenvalue weighted by molar-refractivity contribution is 9.10. The van der Waals surface area contributed by atoms with Crippen LogP contribution in [0, 0.1) is 5.82 Å². The molecule has 0 aromatic heterocycles. The molecule has 2 rings (SSSR count). The van der Waals surface area contributed by atoms with Gasteiger partial charge in [-0.3, -0.25) is 0 Å². The molecule has 0 aliphatic heterocycles. The van der Waals surface area contributed by atoms with Crippen molar-refractivity contribution in [3.05, 3.63) is 52.3 Å². The second kappa shape index (κ2) is 6.17. The molecule has 4 heteroatoms. The lowest BCUT2D eigenvalue weighted by Crippen LogP contribution is -2.06. The third-order valence-electron chi connectivity index (χ3n) is 2.89. The van der Waals surface area contributed by atoms with Crippen molar-refractivity contribution in [2.45, 2.75) is 6.54 Å². The van der Waals surface area contributed by atoms with Gasteiger partial charge in [0.15, 0.2) is 0 Å². The van der Waals surface area contributed by atoms with Gasteiger partial charge >= 0.3 is 0 Å². The summed E-state index contributed by atoms with van der Waals surface area (Å²) < 4.78 is 20.0. The molecular weight excluding hydrogens is 309 g/mol. The molecule has 100 valence electrons. The van der Waals surface area contributed by atoms with E-state index in [0.29, 0.717) is 12.1 Å². The zero-order valence-electron chi connectivity index (χ0n) is 10.8. The van der Waals surface area contributed by atoms with Crippen molar-refractivity contribution in [1.29, 1.82) is 0 Å². The molecule has 0 radical (unpaired) electrons. The Balaban J connectivity index is 2.50. The van der Waals surface area contributed by atoms with Crippen molar-refractivity contribution in [3.8, 4) is 16.9 Å². The first kappa shape index (κ1) is 14.0. The molecule has 0 bridgehead atoms. The Hall–Kier alpha value is -1.39. The third-order valence-corrected chi connectivity index (χ3v) is 3.38. The van der Waals surface area contributed by atoms with Gasteiger partial charge in [0.1, 0.15) is 11.6 Å². The minimum Gasteiger partial charge on any atom is -0.496 e. The van der Waals surface area contributed by atoms with Gasteiger partial charge in [0.2, 0.25) is 0 Å². The lowest BCUT2D eigenvalue weighted by atomic mass is 10.0. The quantitative estimate of drug-likeness (QED) is 0.918. The maximum Gasteiger partial charge on any atom is 0.131 e. The van der Waals surface area contributed by atoms with E-state index in [4.69, 9.17) is 4.74 Å². The van der Waals surface area contributed by atoms with E-state index >= 15 is 0 Å². The second-order valence-corrected chi connectivity index (χ2v) is 5.10. The van der Waals surface area contributed by atoms with E-state index in [2.05, 4.69) is 21.2 Å². The van der Waals surface area contributed by atoms with Crippen molar-refractivity contribution in [2.24, 2.45) is 0 Å². The Morgan fingerprint density at radius 3 is 2.68 bits per heavy atom. The lowest BCUT2D eigenvalue weighted by Gasteiger charge is -2.11. The van der Waals surface area contributed by atoms with Crippen LogP contribution in [0.5, 0.6) is 5.75 Å². The largest absolute Gasteiger partial charge is 0.496 e. The molecule has 2 nitrogen and oxygen atoms in total. The van der Waals surface area contributed by atoms with E-state index in [-0.39, 0.29) is 5.82 Å². The van der Waals surface area contributed by atoms with E-state index in [0.717, 1.165) is 21.3 Å². The topological polar surface area (TPSA) is 21.3 Å². The molecule has 0 amide bonds. The molecular formula is C15H15BrFNO. The molecule has 1 N–H and O–H groups in total. The fourth-order valence-electron chi connectivity index (χ4n) is 1.99. The average Bonchev–Trinajstić information content (AvgIpc) is 2.42. The molecule has 0 saturated carbocycles. The van der Waals surface area contributed by atoms with Gasteiger partial charge in [-0.2, -0.15) is 0 Å². The second-order valence-electron chi connectivity index (χ2n) is 4.18. The summed E-state index contributed by atoms with van der Waals surface area (Å²) in [6, 6.07) is 10.6. The maximum atomic E-state index is 13.9. The fraction of sp³-hybridized carbons (Fsp3) is 0.200. The van der Waals surface area contributed by atoms with Gasteiger partial charge in [0.05, 0.1) is 7.11 Å². The van der Waals surface area contributed by atoms with Gasteiger partial charge in [-0.05, 0) is 42.9 Å². The highest BCUT2D eigenvalue weighted by Crippen LogP contribution is 2.30. The van der Waals surface area contributed by atoms with Gasteiger partial charge in [0.25, 0.3) is 0 Å². The van der Waals surface area contributed by atoms with Crippen molar-refractivity contribution < 1.29 is 9.13 Å². The zero-order chi connectivity index (χ0) is 13.8. The van der Waals surface area contributed by atoms with Crippen LogP contribution in [0.4, 0.5) is 4.39 Å². The third kappa shape index (κ3) is 3.14. The lowest BCUT2D eigenvalue weighted by molar-refractivity contribution is 0.408. The van der Waals surface area contributed by atoms with Gasteiger partial charge in [0, 0.05) is 22.1 Å². The number of nitrogens with one attached hydrogen (secondary N) is 1. The smallest absolute Gasteiger partial charge is 0.131 e. The molecule has 0 fully saturated rings. The highest BCUT2D eigenvalue weighted by atomic mass is 79.9. The number of halogens is 2. The van der Waals surface area contributed by atoms with Crippen LogP contribution in [-0.2, 0) is 6.54 Å². The molecule has 19 heavy (non-hydrogen) atoms. The Kier molecular flexibility index (Phi) is 4.56. The molecule has 0 heterocycles. The van der Waals surface area contributed by atoms with Crippen molar-refractivity contribution >= 4 is 15.9 Å². The highest BCUT2D eigenvalue weighted by Gasteiger charge is 2.09. The normalized spacial score (nSPS) is 10.5. The van der Waals surface area contributed by atoms with Crippen LogP contribution >= 0.6 is 15.9 Å². The van der Waals surface area contributed by atoms with E-state index in [1.165, 1.54) is 6.07 Å². The van der Waals surface area contributed by atoms with Crippen LogP contribution in [0.15, 0.2) is 40.9 Å². The van der Waals surface area contributed by atoms with Crippen molar-refractivity contribution in [2.75, 3.05) is 14.2 Å². The van der Waals surface area contributed by atoms with Crippen molar-refractivity contribution in [3.63, 3.8) is 0 Å². The van der Waals surface area contributed by atoms with Crippen LogP contribution in [0.1, 0.15) is 5.56 Å². The number of hydrogen-bond donors (Lipinski definition) is 1. The number of hydrogen-bond acceptors (Lipinski definition) is 2. The van der Waals surface area contributed by atoms with E-state index in [1.54, 1.807) is 19.2 Å². The minimum absolute atomic E-state index is 0.233. The Bertz CT molecular complexity index is 586. The fourth-order valence-corrected chi connectivity index (χ4v) is 2.35. The van der Waals surface area contributed by atoms with Gasteiger partial charge in [-0.1, -0.05) is 22.0 Å². The average molecular weight is 324 g/mol. The minimum atomic E-state index is -0.233. The van der Waals surface area contributed by atoms with E-state index in [1.807, 2.05) is 25.2 Å². The molecule has 0 unspecified atom stereocenters. The summed E-state index contributed by atoms with van der Waals surface area (Å²) in [4.78, 5) is 0. The summed E-state index contributed by atoms with van der Waals surface area (Å²) in [5, 5.41) is 3.08. The van der Waals surface area contributed by atoms with Gasteiger partial charge in [-0.15, -0.1) is 0 Å². The number of benzene rings is 2. The van der Waals surface area contributed by atoms with Crippen LogP contribution in [0.25, 0.3) is 11.1 Å². The Labute approximate surface area is 120 Å².